The van der Waals surface area contributed by atoms with Crippen molar-refractivity contribution in [3.05, 3.63) is 107 Å². The van der Waals surface area contributed by atoms with Gasteiger partial charge in [0.25, 0.3) is 0 Å². The quantitative estimate of drug-likeness (QED) is 0.140. The molecule has 1 atom stereocenters. The van der Waals surface area contributed by atoms with Gasteiger partial charge in [-0.25, -0.2) is 9.37 Å². The van der Waals surface area contributed by atoms with Gasteiger partial charge >= 0.3 is 0 Å². The smallest absolute Gasteiger partial charge is 0.212 e. The van der Waals surface area contributed by atoms with E-state index in [-0.39, 0.29) is 5.82 Å². The number of halogens is 2. The van der Waals surface area contributed by atoms with E-state index in [0.717, 1.165) is 41.5 Å². The van der Waals surface area contributed by atoms with E-state index in [4.69, 9.17) is 0 Å². The number of allylic oxidation sites excluding steroid dienone is 6. The molecular formula is C41H65F2N. The molecule has 0 radical (unpaired) electrons. The monoisotopic (exact) mass is 610 g/mol. The van der Waals surface area contributed by atoms with E-state index >= 15 is 0 Å². The van der Waals surface area contributed by atoms with E-state index in [2.05, 4.69) is 107 Å². The van der Waals surface area contributed by atoms with Crippen LogP contribution in [0.1, 0.15) is 145 Å². The summed E-state index contributed by atoms with van der Waals surface area (Å²) in [5.41, 5.74) is 9.65. The van der Waals surface area contributed by atoms with Crippen LogP contribution in [-0.4, -0.2) is 4.98 Å². The van der Waals surface area contributed by atoms with Crippen LogP contribution >= 0.6 is 0 Å². The van der Waals surface area contributed by atoms with Crippen molar-refractivity contribution in [1.82, 2.24) is 4.98 Å². The molecule has 1 heterocycles. The number of hydrogen-bond acceptors (Lipinski definition) is 1. The molecular weight excluding hydrogens is 544 g/mol. The maximum atomic E-state index is 13.6. The van der Waals surface area contributed by atoms with Crippen molar-refractivity contribution in [2.45, 2.75) is 135 Å². The highest BCUT2D eigenvalue weighted by atomic mass is 19.1. The molecule has 1 nitrogen and oxygen atoms in total. The van der Waals surface area contributed by atoms with E-state index in [1.54, 1.807) is 12.1 Å². The van der Waals surface area contributed by atoms with Crippen LogP contribution in [0.5, 0.6) is 0 Å². The highest BCUT2D eigenvalue weighted by Gasteiger charge is 2.16. The van der Waals surface area contributed by atoms with Crippen LogP contribution in [0, 0.1) is 23.1 Å². The van der Waals surface area contributed by atoms with Gasteiger partial charge in [0.05, 0.1) is 0 Å². The Hall–Kier alpha value is -2.81. The number of pyridine rings is 1. The van der Waals surface area contributed by atoms with Crippen molar-refractivity contribution in [3.8, 4) is 0 Å². The van der Waals surface area contributed by atoms with E-state index in [0.29, 0.717) is 17.3 Å². The number of aromatic nitrogens is 1. The second-order valence-corrected chi connectivity index (χ2v) is 12.8. The lowest BCUT2D eigenvalue weighted by Gasteiger charge is -2.20. The molecule has 44 heavy (non-hydrogen) atoms. The first kappa shape index (κ1) is 43.3. The van der Waals surface area contributed by atoms with Gasteiger partial charge in [0.2, 0.25) is 5.95 Å². The third kappa shape index (κ3) is 17.5. The third-order valence-corrected chi connectivity index (χ3v) is 7.75. The van der Waals surface area contributed by atoms with Gasteiger partial charge in [-0.2, -0.15) is 4.39 Å². The lowest BCUT2D eigenvalue weighted by atomic mass is 9.85. The molecule has 0 aliphatic carbocycles. The summed E-state index contributed by atoms with van der Waals surface area (Å²) < 4.78 is 26.5. The first-order valence-electron chi connectivity index (χ1n) is 16.6. The highest BCUT2D eigenvalue weighted by molar-refractivity contribution is 5.62. The second-order valence-electron chi connectivity index (χ2n) is 12.8. The molecule has 0 aliphatic heterocycles. The van der Waals surface area contributed by atoms with Gasteiger partial charge in [0.1, 0.15) is 5.82 Å². The maximum absolute atomic E-state index is 13.6. The van der Waals surface area contributed by atoms with Crippen molar-refractivity contribution in [1.29, 1.82) is 0 Å². The van der Waals surface area contributed by atoms with Crippen LogP contribution < -0.4 is 0 Å². The fourth-order valence-electron chi connectivity index (χ4n) is 4.23. The zero-order chi connectivity index (χ0) is 34.6. The molecule has 3 heteroatoms. The summed E-state index contributed by atoms with van der Waals surface area (Å²) in [5.74, 6) is 0.0486. The number of rotatable bonds is 11. The van der Waals surface area contributed by atoms with Crippen LogP contribution in [0.15, 0.2) is 78.1 Å². The average Bonchev–Trinajstić information content (AvgIpc) is 2.97. The van der Waals surface area contributed by atoms with E-state index in [1.165, 1.54) is 53.5 Å². The van der Waals surface area contributed by atoms with Gasteiger partial charge < -0.3 is 0 Å². The normalized spacial score (nSPS) is 11.6. The summed E-state index contributed by atoms with van der Waals surface area (Å²) >= 11 is 0. The van der Waals surface area contributed by atoms with Crippen molar-refractivity contribution in [3.63, 3.8) is 0 Å². The van der Waals surface area contributed by atoms with Crippen molar-refractivity contribution in [2.24, 2.45) is 11.3 Å². The van der Waals surface area contributed by atoms with E-state index in [1.807, 2.05) is 19.9 Å². The molecule has 0 saturated carbocycles. The summed E-state index contributed by atoms with van der Waals surface area (Å²) in [6, 6.07) is 8.04. The van der Waals surface area contributed by atoms with Crippen LogP contribution in [0.25, 0.3) is 5.57 Å². The molecule has 2 aromatic rings. The SMILES string of the molecule is C=C(C/C(C)=C/C(C)(C)CC)C(C)=C(C)C.C=C(CCc1ccc(F)cc1C(C)C(C)C)c1ccc(F)nc1.CC.CCC. The summed E-state index contributed by atoms with van der Waals surface area (Å²) in [7, 11) is 0. The zero-order valence-corrected chi connectivity index (χ0v) is 30.8. The maximum Gasteiger partial charge on any atom is 0.212 e. The molecule has 1 aromatic carbocycles. The molecule has 2 rings (SSSR count). The molecule has 0 spiro atoms. The van der Waals surface area contributed by atoms with Gasteiger partial charge in [-0.1, -0.05) is 112 Å². The van der Waals surface area contributed by atoms with Crippen LogP contribution in [0.2, 0.25) is 0 Å². The Bertz CT molecular complexity index is 1180. The molecule has 0 N–H and O–H groups in total. The minimum Gasteiger partial charge on any atom is -0.228 e. The fraction of sp³-hybridized carbons (Fsp3) is 0.537. The summed E-state index contributed by atoms with van der Waals surface area (Å²) in [4.78, 5) is 3.66. The predicted molar refractivity (Wildman–Crippen MR) is 194 cm³/mol. The summed E-state index contributed by atoms with van der Waals surface area (Å²) in [6.45, 7) is 38.4. The standard InChI is InChI=1S/C20H23F2N.C16H28.C3H8.C2H6/c1-13(2)15(4)19-11-18(21)9-7-16(19)6-5-14(3)17-8-10-20(22)23-12-17;1-9-16(7,8)11-13(4)10-14(5)15(6)12(2)3;1-3-2;1-2/h7-13,15H,3,5-6H2,1-2,4H3;11H,5,9-10H2,1-4,6-8H3;3H2,1-2H3;1-2H3/b;13-11+;;. The molecule has 0 amide bonds. The van der Waals surface area contributed by atoms with Crippen molar-refractivity contribution < 1.29 is 8.78 Å². The molecule has 0 aliphatic rings. The Kier molecular flexibility index (Phi) is 22.3. The van der Waals surface area contributed by atoms with Gasteiger partial charge in [-0.15, -0.1) is 0 Å². The Morgan fingerprint density at radius 2 is 1.50 bits per heavy atom. The first-order chi connectivity index (χ1) is 20.5. The highest BCUT2D eigenvalue weighted by Crippen LogP contribution is 2.30. The molecule has 1 unspecified atom stereocenters. The fourth-order valence-corrected chi connectivity index (χ4v) is 4.23. The van der Waals surface area contributed by atoms with Gasteiger partial charge in [-0.05, 0) is 128 Å². The number of benzene rings is 1. The molecule has 1 aromatic heterocycles. The van der Waals surface area contributed by atoms with Crippen LogP contribution in [0.3, 0.4) is 0 Å². The van der Waals surface area contributed by atoms with E-state index in [9.17, 15) is 8.78 Å². The van der Waals surface area contributed by atoms with Gasteiger partial charge in [0.15, 0.2) is 0 Å². The predicted octanol–water partition coefficient (Wildman–Crippen LogP) is 13.9. The Morgan fingerprint density at radius 3 is 1.95 bits per heavy atom. The number of nitrogens with zero attached hydrogens (tertiary/aromatic N) is 1. The molecule has 0 bridgehead atoms. The first-order valence-corrected chi connectivity index (χ1v) is 16.6. The Balaban J connectivity index is 0. The minimum atomic E-state index is -0.492. The zero-order valence-electron chi connectivity index (χ0n) is 30.8. The lowest BCUT2D eigenvalue weighted by Crippen LogP contribution is -2.06. The van der Waals surface area contributed by atoms with E-state index < -0.39 is 5.95 Å². The third-order valence-electron chi connectivity index (χ3n) is 7.75. The second kappa shape index (κ2) is 22.7. The minimum absolute atomic E-state index is 0.196. The van der Waals surface area contributed by atoms with Crippen LogP contribution in [-0.2, 0) is 6.42 Å². The molecule has 0 fully saturated rings. The summed E-state index contributed by atoms with van der Waals surface area (Å²) in [6.07, 6.45) is 8.83. The topological polar surface area (TPSA) is 12.9 Å². The molecule has 0 saturated heterocycles. The van der Waals surface area contributed by atoms with Gasteiger partial charge in [0, 0.05) is 6.20 Å². The Morgan fingerprint density at radius 1 is 0.932 bits per heavy atom. The average molecular weight is 610 g/mol. The number of hydrogen-bond donors (Lipinski definition) is 0. The van der Waals surface area contributed by atoms with Crippen molar-refractivity contribution in [2.75, 3.05) is 0 Å². The van der Waals surface area contributed by atoms with Crippen LogP contribution in [0.4, 0.5) is 8.78 Å². The summed E-state index contributed by atoms with van der Waals surface area (Å²) in [5, 5.41) is 0. The van der Waals surface area contributed by atoms with Gasteiger partial charge in [-0.3, -0.25) is 0 Å². The Labute approximate surface area is 271 Å². The molecule has 248 valence electrons. The largest absolute Gasteiger partial charge is 0.228 e. The lowest BCUT2D eigenvalue weighted by molar-refractivity contribution is 0.458. The van der Waals surface area contributed by atoms with Crippen molar-refractivity contribution >= 4 is 5.57 Å². The number of aryl methyl sites for hydroxylation is 1.